The maximum Gasteiger partial charge on any atom is 0.305 e. The van der Waals surface area contributed by atoms with Crippen molar-refractivity contribution in [2.45, 2.75) is 20.5 Å². The Balaban J connectivity index is 1.36. The van der Waals surface area contributed by atoms with Gasteiger partial charge < -0.3 is 13.7 Å². The number of rotatable bonds is 6. The number of benzene rings is 2. The van der Waals surface area contributed by atoms with Crippen molar-refractivity contribution in [2.24, 2.45) is 0 Å². The van der Waals surface area contributed by atoms with Crippen molar-refractivity contribution < 1.29 is 18.7 Å². The van der Waals surface area contributed by atoms with E-state index in [0.29, 0.717) is 17.1 Å². The second-order valence-electron chi connectivity index (χ2n) is 7.23. The highest BCUT2D eigenvalue weighted by molar-refractivity contribution is 5.99. The van der Waals surface area contributed by atoms with Gasteiger partial charge in [-0.05, 0) is 56.3 Å². The van der Waals surface area contributed by atoms with E-state index in [4.69, 9.17) is 9.15 Å². The molecule has 2 aromatic carbocycles. The maximum absolute atomic E-state index is 12.7. The summed E-state index contributed by atoms with van der Waals surface area (Å²) in [5.74, 6) is 0.313. The van der Waals surface area contributed by atoms with Crippen LogP contribution in [0.1, 0.15) is 38.1 Å². The number of para-hydroxylation sites is 2. The van der Waals surface area contributed by atoms with Crippen molar-refractivity contribution in [3.63, 3.8) is 0 Å². The predicted octanol–water partition coefficient (Wildman–Crippen LogP) is 4.34. The van der Waals surface area contributed by atoms with Crippen molar-refractivity contribution in [1.29, 1.82) is 0 Å². The molecule has 0 bridgehead atoms. The fraction of sp³-hybridized carbons (Fsp3) is 0.120. The fourth-order valence-electron chi connectivity index (χ4n) is 3.46. The van der Waals surface area contributed by atoms with Gasteiger partial charge in [0.2, 0.25) is 0 Å². The number of nitrogens with one attached hydrogen (secondary N) is 2. The summed E-state index contributed by atoms with van der Waals surface area (Å²) in [7, 11) is 0. The number of carbonyl (C=O) groups excluding carboxylic acids is 2. The Kier molecular flexibility index (Phi) is 6.07. The van der Waals surface area contributed by atoms with E-state index in [1.165, 1.54) is 6.07 Å². The average molecular weight is 429 g/mol. The number of aromatic nitrogens is 1. The summed E-state index contributed by atoms with van der Waals surface area (Å²) >= 11 is 0. The molecule has 0 atom stereocenters. The molecule has 2 amide bonds. The quantitative estimate of drug-likeness (QED) is 0.447. The normalized spacial score (nSPS) is 10.6. The van der Waals surface area contributed by atoms with Crippen LogP contribution in [0.5, 0.6) is 5.75 Å². The Morgan fingerprint density at radius 1 is 0.875 bits per heavy atom. The summed E-state index contributed by atoms with van der Waals surface area (Å²) in [4.78, 5) is 25.1. The molecule has 2 N–H and O–H groups in total. The molecule has 32 heavy (non-hydrogen) atoms. The molecule has 7 heteroatoms. The van der Waals surface area contributed by atoms with Crippen LogP contribution in [0.4, 0.5) is 0 Å². The van der Waals surface area contributed by atoms with Crippen LogP contribution in [0.3, 0.4) is 0 Å². The maximum atomic E-state index is 12.7. The number of amides is 2. The Morgan fingerprint density at radius 2 is 1.53 bits per heavy atom. The Morgan fingerprint density at radius 3 is 2.25 bits per heavy atom. The zero-order valence-corrected chi connectivity index (χ0v) is 17.8. The first-order valence-electron chi connectivity index (χ1n) is 10.1. The highest BCUT2D eigenvalue weighted by atomic mass is 16.5. The monoisotopic (exact) mass is 429 g/mol. The summed E-state index contributed by atoms with van der Waals surface area (Å²) in [5.41, 5.74) is 7.98. The highest BCUT2D eigenvalue weighted by Gasteiger charge is 2.18. The Labute approximate surface area is 185 Å². The summed E-state index contributed by atoms with van der Waals surface area (Å²) in [6, 6.07) is 24.1. The standard InChI is InChI=1S/C25H23N3O4/c1-17-15-22(18(2)28(17)19-9-5-3-6-10-19)24(29)26-27-25(30)23-14-13-21(32-23)16-31-20-11-7-4-8-12-20/h3-15H,16H2,1-2H3,(H,26,29)(H,27,30). The first kappa shape index (κ1) is 21.0. The van der Waals surface area contributed by atoms with Crippen LogP contribution >= 0.6 is 0 Å². The number of carbonyl (C=O) groups is 2. The molecule has 0 aliphatic heterocycles. The van der Waals surface area contributed by atoms with Crippen molar-refractivity contribution in [3.05, 3.63) is 107 Å². The Hall–Kier alpha value is -4.26. The van der Waals surface area contributed by atoms with Gasteiger partial charge in [-0.15, -0.1) is 0 Å². The molecule has 0 saturated carbocycles. The van der Waals surface area contributed by atoms with E-state index in [9.17, 15) is 9.59 Å². The van der Waals surface area contributed by atoms with Crippen LogP contribution in [0.2, 0.25) is 0 Å². The van der Waals surface area contributed by atoms with E-state index in [0.717, 1.165) is 17.1 Å². The third-order valence-electron chi connectivity index (χ3n) is 4.99. The smallest absolute Gasteiger partial charge is 0.305 e. The molecule has 2 heterocycles. The molecule has 4 aromatic rings. The lowest BCUT2D eigenvalue weighted by molar-refractivity contribution is 0.0828. The molecule has 0 fully saturated rings. The van der Waals surface area contributed by atoms with Gasteiger partial charge in [0.25, 0.3) is 5.91 Å². The minimum absolute atomic E-state index is 0.0757. The third-order valence-corrected chi connectivity index (χ3v) is 4.99. The van der Waals surface area contributed by atoms with Crippen LogP contribution in [0.25, 0.3) is 5.69 Å². The number of nitrogens with zero attached hydrogens (tertiary/aromatic N) is 1. The zero-order valence-electron chi connectivity index (χ0n) is 17.8. The van der Waals surface area contributed by atoms with E-state index >= 15 is 0 Å². The number of hydrazine groups is 1. The van der Waals surface area contributed by atoms with Gasteiger partial charge in [0.15, 0.2) is 5.76 Å². The topological polar surface area (TPSA) is 85.5 Å². The van der Waals surface area contributed by atoms with Crippen LogP contribution in [0.15, 0.2) is 83.3 Å². The lowest BCUT2D eigenvalue weighted by atomic mass is 10.2. The molecule has 0 saturated heterocycles. The van der Waals surface area contributed by atoms with E-state index < -0.39 is 11.8 Å². The minimum atomic E-state index is -0.554. The van der Waals surface area contributed by atoms with Gasteiger partial charge in [-0.25, -0.2) is 0 Å². The lowest BCUT2D eigenvalue weighted by Gasteiger charge is -2.10. The van der Waals surface area contributed by atoms with Crippen molar-refractivity contribution in [2.75, 3.05) is 0 Å². The van der Waals surface area contributed by atoms with Gasteiger partial charge in [0, 0.05) is 17.1 Å². The minimum Gasteiger partial charge on any atom is -0.486 e. The molecule has 162 valence electrons. The fourth-order valence-corrected chi connectivity index (χ4v) is 3.46. The SMILES string of the molecule is Cc1cc(C(=O)NNC(=O)c2ccc(COc3ccccc3)o2)c(C)n1-c1ccccc1. The molecule has 0 spiro atoms. The molecule has 0 unspecified atom stereocenters. The lowest BCUT2D eigenvalue weighted by Crippen LogP contribution is -2.41. The van der Waals surface area contributed by atoms with E-state index in [-0.39, 0.29) is 12.4 Å². The summed E-state index contributed by atoms with van der Waals surface area (Å²) < 4.78 is 13.1. The number of hydrogen-bond acceptors (Lipinski definition) is 4. The van der Waals surface area contributed by atoms with Crippen molar-refractivity contribution in [3.8, 4) is 11.4 Å². The van der Waals surface area contributed by atoms with Crippen LogP contribution in [-0.2, 0) is 6.61 Å². The average Bonchev–Trinajstić information content (AvgIpc) is 3.41. The van der Waals surface area contributed by atoms with E-state index in [2.05, 4.69) is 10.9 Å². The summed E-state index contributed by atoms with van der Waals surface area (Å²) in [6.07, 6.45) is 0. The number of hydrogen-bond donors (Lipinski definition) is 2. The summed E-state index contributed by atoms with van der Waals surface area (Å²) in [6.45, 7) is 3.98. The second-order valence-corrected chi connectivity index (χ2v) is 7.23. The predicted molar refractivity (Wildman–Crippen MR) is 120 cm³/mol. The first-order valence-corrected chi connectivity index (χ1v) is 10.1. The number of aryl methyl sites for hydroxylation is 1. The van der Waals surface area contributed by atoms with Gasteiger partial charge >= 0.3 is 5.91 Å². The molecular weight excluding hydrogens is 406 g/mol. The summed E-state index contributed by atoms with van der Waals surface area (Å²) in [5, 5.41) is 0. The van der Waals surface area contributed by atoms with Gasteiger partial charge in [-0.3, -0.25) is 20.4 Å². The highest BCUT2D eigenvalue weighted by Crippen LogP contribution is 2.20. The molecular formula is C25H23N3O4. The van der Waals surface area contributed by atoms with Crippen LogP contribution < -0.4 is 15.6 Å². The Bertz CT molecular complexity index is 1230. The zero-order chi connectivity index (χ0) is 22.5. The first-order chi connectivity index (χ1) is 15.5. The van der Waals surface area contributed by atoms with Gasteiger partial charge in [0.05, 0.1) is 5.56 Å². The van der Waals surface area contributed by atoms with Crippen LogP contribution in [0, 0.1) is 13.8 Å². The van der Waals surface area contributed by atoms with Gasteiger partial charge in [-0.2, -0.15) is 0 Å². The van der Waals surface area contributed by atoms with E-state index in [1.807, 2.05) is 79.1 Å². The van der Waals surface area contributed by atoms with Crippen molar-refractivity contribution in [1.82, 2.24) is 15.4 Å². The van der Waals surface area contributed by atoms with Gasteiger partial charge in [0.1, 0.15) is 18.1 Å². The molecule has 4 rings (SSSR count). The molecule has 0 radical (unpaired) electrons. The van der Waals surface area contributed by atoms with E-state index in [1.54, 1.807) is 12.1 Å². The molecule has 0 aliphatic rings. The molecule has 0 aliphatic carbocycles. The van der Waals surface area contributed by atoms with Crippen molar-refractivity contribution >= 4 is 11.8 Å². The second kappa shape index (κ2) is 9.26. The molecule has 7 nitrogen and oxygen atoms in total. The largest absolute Gasteiger partial charge is 0.486 e. The third kappa shape index (κ3) is 4.57. The number of furan rings is 1. The molecule has 2 aromatic heterocycles. The van der Waals surface area contributed by atoms with Crippen LogP contribution in [-0.4, -0.2) is 16.4 Å². The van der Waals surface area contributed by atoms with Gasteiger partial charge in [-0.1, -0.05) is 36.4 Å². The number of ether oxygens (including phenoxy) is 1.